The Morgan fingerprint density at radius 1 is 1.73 bits per heavy atom. The largest absolute Gasteiger partial charge is 0.354 e. The molecule has 0 unspecified atom stereocenters. The van der Waals surface area contributed by atoms with Gasteiger partial charge in [-0.2, -0.15) is 0 Å². The summed E-state index contributed by atoms with van der Waals surface area (Å²) in [5.74, 6) is 0.0903. The molecular formula is C7H12BrNO2. The van der Waals surface area contributed by atoms with Crippen molar-refractivity contribution >= 4 is 21.8 Å². The molecule has 0 aromatic heterocycles. The van der Waals surface area contributed by atoms with E-state index in [0.717, 1.165) is 0 Å². The van der Waals surface area contributed by atoms with Crippen molar-refractivity contribution in [2.24, 2.45) is 0 Å². The highest BCUT2D eigenvalue weighted by molar-refractivity contribution is 9.09. The van der Waals surface area contributed by atoms with Gasteiger partial charge in [0.1, 0.15) is 5.72 Å². The lowest BCUT2D eigenvalue weighted by atomic mass is 10.3. The minimum atomic E-state index is -0.412. The molecule has 1 amide bonds. The van der Waals surface area contributed by atoms with Crippen LogP contribution in [0.25, 0.3) is 0 Å². The van der Waals surface area contributed by atoms with E-state index in [1.165, 1.54) is 0 Å². The van der Waals surface area contributed by atoms with Crippen molar-refractivity contribution in [2.75, 3.05) is 18.5 Å². The van der Waals surface area contributed by atoms with Crippen LogP contribution in [0.3, 0.4) is 0 Å². The van der Waals surface area contributed by atoms with E-state index in [2.05, 4.69) is 15.9 Å². The average molecular weight is 222 g/mol. The summed E-state index contributed by atoms with van der Waals surface area (Å²) in [7, 11) is 0. The number of hydrogen-bond donors (Lipinski definition) is 0. The molecule has 4 heteroatoms. The fourth-order valence-electron chi connectivity index (χ4n) is 1.23. The van der Waals surface area contributed by atoms with Gasteiger partial charge in [0.15, 0.2) is 0 Å². The number of rotatable bonds is 1. The first-order valence-electron chi connectivity index (χ1n) is 3.58. The molecule has 0 bridgehead atoms. The molecule has 1 rings (SSSR count). The monoisotopic (exact) mass is 221 g/mol. The van der Waals surface area contributed by atoms with E-state index in [1.54, 1.807) is 4.90 Å². The summed E-state index contributed by atoms with van der Waals surface area (Å²) >= 11 is 3.13. The normalized spacial score (nSPS) is 22.3. The van der Waals surface area contributed by atoms with Crippen molar-refractivity contribution in [1.29, 1.82) is 0 Å². The number of carbonyl (C=O) groups excluding carboxylic acids is 1. The summed E-state index contributed by atoms with van der Waals surface area (Å²) in [5, 5.41) is 0.375. The molecule has 1 fully saturated rings. The molecule has 0 atom stereocenters. The van der Waals surface area contributed by atoms with Gasteiger partial charge in [0.25, 0.3) is 0 Å². The Morgan fingerprint density at radius 3 is 2.73 bits per heavy atom. The molecule has 1 saturated heterocycles. The lowest BCUT2D eigenvalue weighted by molar-refractivity contribution is -0.140. The molecule has 1 heterocycles. The number of hydrogen-bond acceptors (Lipinski definition) is 2. The number of nitrogens with zero attached hydrogens (tertiary/aromatic N) is 1. The van der Waals surface area contributed by atoms with E-state index in [0.29, 0.717) is 18.5 Å². The molecule has 0 aromatic carbocycles. The van der Waals surface area contributed by atoms with E-state index in [1.807, 2.05) is 13.8 Å². The van der Waals surface area contributed by atoms with Crippen LogP contribution in [-0.4, -0.2) is 35.0 Å². The predicted octanol–water partition coefficient (Wildman–Crippen LogP) is 0.976. The van der Waals surface area contributed by atoms with Crippen molar-refractivity contribution in [2.45, 2.75) is 19.6 Å². The van der Waals surface area contributed by atoms with Crippen molar-refractivity contribution in [3.05, 3.63) is 0 Å². The van der Waals surface area contributed by atoms with Crippen LogP contribution in [0.15, 0.2) is 0 Å². The molecule has 0 N–H and O–H groups in total. The first kappa shape index (κ1) is 9.00. The van der Waals surface area contributed by atoms with Gasteiger partial charge < -0.3 is 9.64 Å². The molecular weight excluding hydrogens is 210 g/mol. The Kier molecular flexibility index (Phi) is 2.54. The van der Waals surface area contributed by atoms with Crippen LogP contribution < -0.4 is 0 Å². The van der Waals surface area contributed by atoms with Gasteiger partial charge in [-0.05, 0) is 13.8 Å². The quantitative estimate of drug-likeness (QED) is 0.619. The Labute approximate surface area is 74.8 Å². The fraction of sp³-hybridized carbons (Fsp3) is 0.857. The van der Waals surface area contributed by atoms with E-state index < -0.39 is 5.72 Å². The topological polar surface area (TPSA) is 29.5 Å². The van der Waals surface area contributed by atoms with Gasteiger partial charge in [-0.15, -0.1) is 0 Å². The van der Waals surface area contributed by atoms with Crippen LogP contribution in [0.1, 0.15) is 13.8 Å². The average Bonchev–Trinajstić information content (AvgIpc) is 2.28. The smallest absolute Gasteiger partial charge is 0.235 e. The summed E-state index contributed by atoms with van der Waals surface area (Å²) in [4.78, 5) is 13.0. The third-order valence-corrected chi connectivity index (χ3v) is 2.32. The zero-order chi connectivity index (χ0) is 8.48. The number of alkyl halides is 1. The highest BCUT2D eigenvalue weighted by Gasteiger charge is 2.35. The van der Waals surface area contributed by atoms with Crippen LogP contribution in [-0.2, 0) is 9.53 Å². The van der Waals surface area contributed by atoms with Gasteiger partial charge in [-0.1, -0.05) is 15.9 Å². The maximum atomic E-state index is 11.2. The lowest BCUT2D eigenvalue weighted by Gasteiger charge is -2.29. The third-order valence-electron chi connectivity index (χ3n) is 1.84. The summed E-state index contributed by atoms with van der Waals surface area (Å²) in [6.45, 7) is 5.16. The molecule has 1 aliphatic heterocycles. The van der Waals surface area contributed by atoms with Gasteiger partial charge in [-0.25, -0.2) is 0 Å². The third kappa shape index (κ3) is 1.73. The molecule has 0 aromatic rings. The Bertz CT molecular complexity index is 170. The van der Waals surface area contributed by atoms with Gasteiger partial charge in [0.05, 0.1) is 11.9 Å². The summed E-state index contributed by atoms with van der Waals surface area (Å²) < 4.78 is 5.36. The molecule has 0 spiro atoms. The van der Waals surface area contributed by atoms with Gasteiger partial charge in [0, 0.05) is 6.54 Å². The number of carbonyl (C=O) groups is 1. The van der Waals surface area contributed by atoms with E-state index in [9.17, 15) is 4.79 Å². The van der Waals surface area contributed by atoms with Crippen LogP contribution >= 0.6 is 15.9 Å². The standard InChI is InChI=1S/C7H12BrNO2/c1-7(2)9(3-4-11-7)6(10)5-8/h3-5H2,1-2H3. The van der Waals surface area contributed by atoms with E-state index >= 15 is 0 Å². The second-order valence-corrected chi connectivity index (χ2v) is 3.53. The SMILES string of the molecule is CC1(C)OCCN1C(=O)CBr. The van der Waals surface area contributed by atoms with Crippen LogP contribution in [0.2, 0.25) is 0 Å². The first-order valence-corrected chi connectivity index (χ1v) is 4.70. The van der Waals surface area contributed by atoms with Gasteiger partial charge in [0.2, 0.25) is 5.91 Å². The van der Waals surface area contributed by atoms with Crippen molar-refractivity contribution in [3.63, 3.8) is 0 Å². The second-order valence-electron chi connectivity index (χ2n) is 2.97. The summed E-state index contributed by atoms with van der Waals surface area (Å²) in [5.41, 5.74) is -0.412. The van der Waals surface area contributed by atoms with Crippen molar-refractivity contribution in [3.8, 4) is 0 Å². The minimum Gasteiger partial charge on any atom is -0.354 e. The summed E-state index contributed by atoms with van der Waals surface area (Å²) in [6, 6.07) is 0. The molecule has 3 nitrogen and oxygen atoms in total. The fourth-order valence-corrected chi connectivity index (χ4v) is 1.53. The zero-order valence-electron chi connectivity index (χ0n) is 6.76. The lowest BCUT2D eigenvalue weighted by Crippen LogP contribution is -2.44. The Balaban J connectivity index is 2.64. The predicted molar refractivity (Wildman–Crippen MR) is 45.5 cm³/mol. The highest BCUT2D eigenvalue weighted by atomic mass is 79.9. The van der Waals surface area contributed by atoms with Crippen LogP contribution in [0.4, 0.5) is 0 Å². The molecule has 64 valence electrons. The molecule has 0 saturated carbocycles. The number of halogens is 1. The van der Waals surface area contributed by atoms with Crippen LogP contribution in [0, 0.1) is 0 Å². The van der Waals surface area contributed by atoms with E-state index in [-0.39, 0.29) is 5.91 Å². The maximum absolute atomic E-state index is 11.2. The number of ether oxygens (including phenoxy) is 1. The van der Waals surface area contributed by atoms with E-state index in [4.69, 9.17) is 4.74 Å². The number of amides is 1. The Morgan fingerprint density at radius 2 is 2.36 bits per heavy atom. The molecule has 0 radical (unpaired) electrons. The van der Waals surface area contributed by atoms with Crippen molar-refractivity contribution in [1.82, 2.24) is 4.90 Å². The molecule has 11 heavy (non-hydrogen) atoms. The zero-order valence-corrected chi connectivity index (χ0v) is 8.35. The Hall–Kier alpha value is -0.0900. The molecule has 0 aliphatic carbocycles. The van der Waals surface area contributed by atoms with Gasteiger partial charge in [-0.3, -0.25) is 4.79 Å². The van der Waals surface area contributed by atoms with Crippen LogP contribution in [0.5, 0.6) is 0 Å². The first-order chi connectivity index (χ1) is 5.08. The highest BCUT2D eigenvalue weighted by Crippen LogP contribution is 2.22. The maximum Gasteiger partial charge on any atom is 0.235 e. The van der Waals surface area contributed by atoms with Crippen molar-refractivity contribution < 1.29 is 9.53 Å². The second kappa shape index (κ2) is 3.11. The van der Waals surface area contributed by atoms with Gasteiger partial charge >= 0.3 is 0 Å². The minimum absolute atomic E-state index is 0.0903. The molecule has 1 aliphatic rings. The summed E-state index contributed by atoms with van der Waals surface area (Å²) in [6.07, 6.45) is 0.